The second-order valence-corrected chi connectivity index (χ2v) is 5.73. The molecule has 1 amide bonds. The normalized spacial score (nSPS) is 15.3. The Morgan fingerprint density at radius 2 is 1.77 bits per heavy atom. The Balaban J connectivity index is 1.66. The maximum Gasteiger partial charge on any atom is 0.270 e. The molecular weight excluding hydrogens is 274 g/mol. The lowest BCUT2D eigenvalue weighted by atomic mass is 9.95. The number of anilines is 2. The third kappa shape index (κ3) is 3.85. The van der Waals surface area contributed by atoms with Crippen molar-refractivity contribution in [1.29, 1.82) is 0 Å². The third-order valence-corrected chi connectivity index (χ3v) is 4.00. The summed E-state index contributed by atoms with van der Waals surface area (Å²) in [6.45, 7) is 0. The first-order valence-electron chi connectivity index (χ1n) is 7.90. The quantitative estimate of drug-likeness (QED) is 0.899. The van der Waals surface area contributed by atoms with Crippen LogP contribution in [0.5, 0.6) is 0 Å². The molecule has 0 aliphatic heterocycles. The number of rotatable bonds is 4. The highest BCUT2D eigenvalue weighted by Gasteiger charge is 2.17. The first-order chi connectivity index (χ1) is 10.8. The van der Waals surface area contributed by atoms with Crippen molar-refractivity contribution in [2.75, 3.05) is 5.32 Å². The fraction of sp³-hybridized carbons (Fsp3) is 0.333. The van der Waals surface area contributed by atoms with E-state index in [0.717, 1.165) is 24.2 Å². The highest BCUT2D eigenvalue weighted by molar-refractivity contribution is 5.93. The van der Waals surface area contributed by atoms with E-state index in [-0.39, 0.29) is 5.91 Å². The highest BCUT2D eigenvalue weighted by atomic mass is 16.1. The van der Waals surface area contributed by atoms with E-state index in [1.807, 2.05) is 36.4 Å². The Labute approximate surface area is 131 Å². The third-order valence-electron chi connectivity index (χ3n) is 4.00. The lowest BCUT2D eigenvalue weighted by Crippen LogP contribution is -2.36. The lowest BCUT2D eigenvalue weighted by molar-refractivity contribution is 0.0922. The van der Waals surface area contributed by atoms with Gasteiger partial charge in [-0.1, -0.05) is 37.5 Å². The molecule has 1 saturated carbocycles. The number of carbonyl (C=O) groups is 1. The van der Waals surface area contributed by atoms with Crippen molar-refractivity contribution < 1.29 is 4.79 Å². The molecule has 114 valence electrons. The van der Waals surface area contributed by atoms with Crippen LogP contribution in [0.15, 0.2) is 48.7 Å². The van der Waals surface area contributed by atoms with Crippen molar-refractivity contribution >= 4 is 17.3 Å². The van der Waals surface area contributed by atoms with Gasteiger partial charge < -0.3 is 10.6 Å². The van der Waals surface area contributed by atoms with Crippen LogP contribution >= 0.6 is 0 Å². The first kappa shape index (κ1) is 14.6. The predicted octanol–water partition coefficient (Wildman–Crippen LogP) is 3.89. The Morgan fingerprint density at radius 3 is 2.55 bits per heavy atom. The smallest absolute Gasteiger partial charge is 0.270 e. The number of nitrogens with one attached hydrogen (secondary N) is 2. The summed E-state index contributed by atoms with van der Waals surface area (Å²) in [6.07, 6.45) is 7.51. The summed E-state index contributed by atoms with van der Waals surface area (Å²) in [6, 6.07) is 13.9. The molecule has 3 rings (SSSR count). The van der Waals surface area contributed by atoms with Crippen molar-refractivity contribution in [3.05, 3.63) is 54.4 Å². The number of hydrogen-bond acceptors (Lipinski definition) is 3. The van der Waals surface area contributed by atoms with Crippen molar-refractivity contribution in [3.8, 4) is 0 Å². The number of benzene rings is 1. The van der Waals surface area contributed by atoms with Crippen LogP contribution in [0.1, 0.15) is 42.6 Å². The number of pyridine rings is 1. The summed E-state index contributed by atoms with van der Waals surface area (Å²) in [5, 5.41) is 6.38. The van der Waals surface area contributed by atoms with Crippen molar-refractivity contribution in [2.45, 2.75) is 38.1 Å². The van der Waals surface area contributed by atoms with Crippen LogP contribution < -0.4 is 10.6 Å². The fourth-order valence-electron chi connectivity index (χ4n) is 2.83. The van der Waals surface area contributed by atoms with Gasteiger partial charge in [0.15, 0.2) is 0 Å². The largest absolute Gasteiger partial charge is 0.355 e. The second kappa shape index (κ2) is 7.07. The Kier molecular flexibility index (Phi) is 4.68. The maximum atomic E-state index is 12.3. The molecule has 0 atom stereocenters. The summed E-state index contributed by atoms with van der Waals surface area (Å²) in [5.41, 5.74) is 2.33. The molecule has 0 radical (unpaired) electrons. The number of amides is 1. The zero-order valence-corrected chi connectivity index (χ0v) is 12.6. The molecular formula is C18H21N3O. The van der Waals surface area contributed by atoms with E-state index in [9.17, 15) is 4.79 Å². The summed E-state index contributed by atoms with van der Waals surface area (Å²) in [7, 11) is 0. The van der Waals surface area contributed by atoms with Crippen molar-refractivity contribution in [3.63, 3.8) is 0 Å². The molecule has 22 heavy (non-hydrogen) atoms. The van der Waals surface area contributed by atoms with Gasteiger partial charge in [0.2, 0.25) is 0 Å². The molecule has 1 heterocycles. The Morgan fingerprint density at radius 1 is 1.00 bits per heavy atom. The molecule has 2 aromatic rings. The first-order valence-corrected chi connectivity index (χ1v) is 7.90. The summed E-state index contributed by atoms with van der Waals surface area (Å²) in [4.78, 5) is 16.5. The molecule has 1 aliphatic carbocycles. The van der Waals surface area contributed by atoms with Gasteiger partial charge in [0.05, 0.1) is 0 Å². The summed E-state index contributed by atoms with van der Waals surface area (Å²) >= 11 is 0. The summed E-state index contributed by atoms with van der Waals surface area (Å²) in [5.74, 6) is -0.0800. The molecule has 4 nitrogen and oxygen atoms in total. The molecule has 0 bridgehead atoms. The van der Waals surface area contributed by atoms with Gasteiger partial charge in [0, 0.05) is 23.6 Å². The van der Waals surface area contributed by atoms with Crippen LogP contribution in [0.2, 0.25) is 0 Å². The Hall–Kier alpha value is -2.36. The molecule has 1 aromatic heterocycles. The molecule has 1 aromatic carbocycles. The summed E-state index contributed by atoms with van der Waals surface area (Å²) < 4.78 is 0. The maximum absolute atomic E-state index is 12.3. The van der Waals surface area contributed by atoms with Crippen LogP contribution in [0.25, 0.3) is 0 Å². The molecule has 2 N–H and O–H groups in total. The van der Waals surface area contributed by atoms with Crippen LogP contribution in [0, 0.1) is 0 Å². The standard InChI is InChI=1S/C18H21N3O/c22-18(21-15-9-5-2-6-10-15)17-13-16(11-12-19-17)20-14-7-3-1-4-8-14/h1,3-4,7-8,11-13,15H,2,5-6,9-10H2,(H,19,20)(H,21,22). The number of aromatic nitrogens is 1. The minimum absolute atomic E-state index is 0.0800. The molecule has 1 fully saturated rings. The second-order valence-electron chi connectivity index (χ2n) is 5.73. The van der Waals surface area contributed by atoms with Crippen LogP contribution in [-0.2, 0) is 0 Å². The van der Waals surface area contributed by atoms with Gasteiger partial charge in [-0.05, 0) is 37.1 Å². The zero-order chi connectivity index (χ0) is 15.2. The molecule has 0 saturated heterocycles. The van der Waals surface area contributed by atoms with E-state index >= 15 is 0 Å². The molecule has 1 aliphatic rings. The average molecular weight is 295 g/mol. The Bertz CT molecular complexity index is 621. The highest BCUT2D eigenvalue weighted by Crippen LogP contribution is 2.19. The van der Waals surface area contributed by atoms with E-state index in [0.29, 0.717) is 11.7 Å². The minimum atomic E-state index is -0.0800. The van der Waals surface area contributed by atoms with Crippen molar-refractivity contribution in [2.24, 2.45) is 0 Å². The van der Waals surface area contributed by atoms with E-state index < -0.39 is 0 Å². The van der Waals surface area contributed by atoms with E-state index in [4.69, 9.17) is 0 Å². The van der Waals surface area contributed by atoms with Gasteiger partial charge in [-0.2, -0.15) is 0 Å². The SMILES string of the molecule is O=C(NC1CCCCC1)c1cc(Nc2ccccc2)ccn1. The van der Waals surface area contributed by atoms with E-state index in [1.165, 1.54) is 19.3 Å². The number of carbonyl (C=O) groups excluding carboxylic acids is 1. The van der Waals surface area contributed by atoms with E-state index in [1.54, 1.807) is 12.3 Å². The predicted molar refractivity (Wildman–Crippen MR) is 88.3 cm³/mol. The van der Waals surface area contributed by atoms with Crippen molar-refractivity contribution in [1.82, 2.24) is 10.3 Å². The number of nitrogens with zero attached hydrogens (tertiary/aromatic N) is 1. The average Bonchev–Trinajstić information content (AvgIpc) is 2.57. The van der Waals surface area contributed by atoms with Crippen LogP contribution in [-0.4, -0.2) is 16.9 Å². The molecule has 4 heteroatoms. The van der Waals surface area contributed by atoms with Gasteiger partial charge >= 0.3 is 0 Å². The fourth-order valence-corrected chi connectivity index (χ4v) is 2.83. The van der Waals surface area contributed by atoms with Crippen LogP contribution in [0.3, 0.4) is 0 Å². The molecule has 0 unspecified atom stereocenters. The number of hydrogen-bond donors (Lipinski definition) is 2. The van der Waals surface area contributed by atoms with Crippen LogP contribution in [0.4, 0.5) is 11.4 Å². The number of para-hydroxylation sites is 1. The van der Waals surface area contributed by atoms with Gasteiger partial charge in [0.25, 0.3) is 5.91 Å². The van der Waals surface area contributed by atoms with E-state index in [2.05, 4.69) is 15.6 Å². The molecule has 0 spiro atoms. The lowest BCUT2D eigenvalue weighted by Gasteiger charge is -2.22. The topological polar surface area (TPSA) is 54.0 Å². The van der Waals surface area contributed by atoms with Gasteiger partial charge in [-0.15, -0.1) is 0 Å². The minimum Gasteiger partial charge on any atom is -0.355 e. The monoisotopic (exact) mass is 295 g/mol. The zero-order valence-electron chi connectivity index (χ0n) is 12.6. The van der Waals surface area contributed by atoms with Gasteiger partial charge in [0.1, 0.15) is 5.69 Å². The van der Waals surface area contributed by atoms with Gasteiger partial charge in [-0.25, -0.2) is 0 Å². The van der Waals surface area contributed by atoms with Gasteiger partial charge in [-0.3, -0.25) is 9.78 Å².